The molecule has 4 aromatic rings. The number of aromatic nitrogens is 3. The minimum absolute atomic E-state index is 0.144. The highest BCUT2D eigenvalue weighted by Gasteiger charge is 2.35. The van der Waals surface area contributed by atoms with Crippen molar-refractivity contribution in [2.24, 2.45) is 5.92 Å². The molecule has 2 unspecified atom stereocenters. The first kappa shape index (κ1) is 37.3. The summed E-state index contributed by atoms with van der Waals surface area (Å²) in [7, 11) is 0. The average molecular weight is 760 g/mol. The number of thiophene rings is 1. The van der Waals surface area contributed by atoms with E-state index in [9.17, 15) is 28.2 Å². The van der Waals surface area contributed by atoms with E-state index in [2.05, 4.69) is 61.7 Å². The Bertz CT molecular complexity index is 1900. The third-order valence-electron chi connectivity index (χ3n) is 10.5. The summed E-state index contributed by atoms with van der Waals surface area (Å²) in [6.07, 6.45) is -2.08. The Labute approximate surface area is 308 Å². The van der Waals surface area contributed by atoms with Gasteiger partial charge in [0.15, 0.2) is 11.5 Å². The second-order valence-corrected chi connectivity index (χ2v) is 16.7. The Balaban J connectivity index is 0.939. The number of hydroxylamine groups is 1. The van der Waals surface area contributed by atoms with Gasteiger partial charge in [0.1, 0.15) is 28.7 Å². The van der Waals surface area contributed by atoms with E-state index in [0.29, 0.717) is 74.2 Å². The third-order valence-corrected chi connectivity index (χ3v) is 12.9. The summed E-state index contributed by atoms with van der Waals surface area (Å²) in [5, 5.41) is 25.6. The maximum absolute atomic E-state index is 13.0. The van der Waals surface area contributed by atoms with Gasteiger partial charge in [-0.2, -0.15) is 18.4 Å². The van der Waals surface area contributed by atoms with Crippen LogP contribution in [0.4, 0.5) is 19.0 Å². The van der Waals surface area contributed by atoms with Crippen LogP contribution in [-0.4, -0.2) is 120 Å². The van der Waals surface area contributed by atoms with Gasteiger partial charge in [0.25, 0.3) is 0 Å². The number of ether oxygens (including phenoxy) is 1. The molecule has 3 fully saturated rings. The summed E-state index contributed by atoms with van der Waals surface area (Å²) >= 11 is -0.537. The van der Waals surface area contributed by atoms with Gasteiger partial charge in [0.2, 0.25) is 0 Å². The molecule has 17 heteroatoms. The first-order valence-electron chi connectivity index (χ1n) is 17.7. The fourth-order valence-corrected chi connectivity index (χ4v) is 9.55. The lowest BCUT2D eigenvalue weighted by Crippen LogP contribution is -2.55. The number of nitrogens with zero attached hydrogens (tertiary/aromatic N) is 8. The molecule has 3 aliphatic rings. The van der Waals surface area contributed by atoms with E-state index < -0.39 is 24.1 Å². The summed E-state index contributed by atoms with van der Waals surface area (Å²) in [4.78, 5) is 14.1. The number of fused-ring (bicyclic) bond motifs is 2. The molecule has 6 heterocycles. The van der Waals surface area contributed by atoms with Crippen LogP contribution in [0.2, 0.25) is 0 Å². The van der Waals surface area contributed by atoms with Gasteiger partial charge in [0, 0.05) is 77.5 Å². The van der Waals surface area contributed by atoms with Crippen molar-refractivity contribution < 1.29 is 27.7 Å². The Kier molecular flexibility index (Phi) is 11.3. The van der Waals surface area contributed by atoms with E-state index in [4.69, 9.17) is 4.74 Å². The summed E-state index contributed by atoms with van der Waals surface area (Å²) in [6.45, 7) is 11.5. The van der Waals surface area contributed by atoms with Crippen LogP contribution in [-0.2, 0) is 35.8 Å². The molecular weight excluding hydrogens is 716 g/mol. The predicted octanol–water partition coefficient (Wildman–Crippen LogP) is 4.93. The number of piperazine rings is 1. The Morgan fingerprint density at radius 3 is 2.56 bits per heavy atom. The van der Waals surface area contributed by atoms with E-state index in [0.717, 1.165) is 64.7 Å². The van der Waals surface area contributed by atoms with Crippen LogP contribution in [0.5, 0.6) is 0 Å². The van der Waals surface area contributed by atoms with Crippen LogP contribution in [0.15, 0.2) is 30.6 Å². The molecular formula is C35H44F3N9O3S2. The van der Waals surface area contributed by atoms with Crippen LogP contribution < -0.4 is 5.32 Å². The van der Waals surface area contributed by atoms with Crippen molar-refractivity contribution in [1.29, 1.82) is 5.26 Å². The number of alkyl halides is 3. The zero-order valence-corrected chi connectivity index (χ0v) is 30.9. The number of hydrogen-bond acceptors (Lipinski definition) is 12. The highest BCUT2D eigenvalue weighted by atomic mass is 32.2. The Morgan fingerprint density at radius 1 is 1.13 bits per heavy atom. The lowest BCUT2D eigenvalue weighted by molar-refractivity contribution is -0.126. The molecule has 0 amide bonds. The van der Waals surface area contributed by atoms with Gasteiger partial charge in [-0.25, -0.2) is 9.97 Å². The van der Waals surface area contributed by atoms with E-state index in [1.54, 1.807) is 10.4 Å². The van der Waals surface area contributed by atoms with E-state index >= 15 is 0 Å². The molecule has 280 valence electrons. The zero-order valence-electron chi connectivity index (χ0n) is 29.3. The van der Waals surface area contributed by atoms with Crippen LogP contribution in [0.3, 0.4) is 0 Å². The fourth-order valence-electron chi connectivity index (χ4n) is 7.44. The van der Waals surface area contributed by atoms with Gasteiger partial charge in [-0.15, -0.1) is 15.6 Å². The summed E-state index contributed by atoms with van der Waals surface area (Å²) in [5.41, 5.74) is 4.04. The maximum Gasteiger partial charge on any atom is 0.393 e. The largest absolute Gasteiger partial charge is 0.577 e. The number of aryl methyl sites for hydroxylation is 1. The first-order chi connectivity index (χ1) is 25.0. The topological polar surface area (TPSA) is 132 Å². The highest BCUT2D eigenvalue weighted by molar-refractivity contribution is 7.86. The van der Waals surface area contributed by atoms with Crippen molar-refractivity contribution in [2.75, 3.05) is 64.3 Å². The standard InChI is InChI=1S/C35H44F3N9O3S2/c1-23(44-9-11-45(12-10-44)52(49)47(48)18-25-20-50-21-25)17-46-28(16-39)13-30-24(2)26(3-4-32(30)46)19-43-7-5-27(6-8-43)42-33-31-14-29(15-35(36,37)38)51-34(31)41-22-40-33/h3-4,13-14,22-23,25,27,48H,5-12,15,17-21H2,1-2H3,(H,40,41,42). The van der Waals surface area contributed by atoms with Crippen molar-refractivity contribution in [1.82, 2.24) is 33.1 Å². The Morgan fingerprint density at radius 2 is 1.88 bits per heavy atom. The number of benzene rings is 1. The molecule has 52 heavy (non-hydrogen) atoms. The summed E-state index contributed by atoms with van der Waals surface area (Å²) in [6, 6.07) is 10.5. The smallest absolute Gasteiger partial charge is 0.393 e. The third kappa shape index (κ3) is 8.35. The number of halogens is 3. The number of nitriles is 1. The van der Waals surface area contributed by atoms with Crippen LogP contribution in [0, 0.1) is 24.2 Å². The SMILES string of the molecule is Cc1c(CN2CCC(Nc3ncnc4sc(CC(F)(F)F)cc34)CC2)ccc2c1cc(C#N)n2CC(C)N1CCN([S+]([O-])N(O)CC2COC2)CC1. The number of nitrogens with one attached hydrogen (secondary N) is 1. The van der Waals surface area contributed by atoms with Gasteiger partial charge >= 0.3 is 6.18 Å². The van der Waals surface area contributed by atoms with E-state index in [1.807, 2.05) is 6.07 Å². The van der Waals surface area contributed by atoms with Crippen LogP contribution in [0.25, 0.3) is 21.1 Å². The second kappa shape index (κ2) is 15.7. The maximum atomic E-state index is 13.0. The van der Waals surface area contributed by atoms with E-state index in [1.165, 1.54) is 11.9 Å². The minimum atomic E-state index is -4.27. The number of likely N-dealkylation sites (tertiary alicyclic amines) is 1. The second-order valence-electron chi connectivity index (χ2n) is 14.2. The normalized spacial score (nSPS) is 20.1. The lowest BCUT2D eigenvalue weighted by atomic mass is 10.0. The molecule has 0 aliphatic carbocycles. The fraction of sp³-hybridized carbons (Fsp3) is 0.571. The van der Waals surface area contributed by atoms with Crippen molar-refractivity contribution in [3.05, 3.63) is 52.3 Å². The zero-order chi connectivity index (χ0) is 36.6. The van der Waals surface area contributed by atoms with E-state index in [-0.39, 0.29) is 22.9 Å². The van der Waals surface area contributed by atoms with Crippen molar-refractivity contribution >= 4 is 49.8 Å². The molecule has 7 rings (SSSR count). The molecule has 3 saturated heterocycles. The van der Waals surface area contributed by atoms with Crippen molar-refractivity contribution in [3.8, 4) is 6.07 Å². The molecule has 3 aromatic heterocycles. The number of anilines is 1. The number of piperidine rings is 1. The van der Waals surface area contributed by atoms with Gasteiger partial charge in [-0.1, -0.05) is 6.07 Å². The first-order valence-corrected chi connectivity index (χ1v) is 19.6. The summed E-state index contributed by atoms with van der Waals surface area (Å²) < 4.78 is 61.8. The van der Waals surface area contributed by atoms with Crippen LogP contribution in [0.1, 0.15) is 41.5 Å². The van der Waals surface area contributed by atoms with Gasteiger partial charge in [-0.05, 0) is 56.0 Å². The molecule has 2 atom stereocenters. The number of hydrogen-bond donors (Lipinski definition) is 2. The highest BCUT2D eigenvalue weighted by Crippen LogP contribution is 2.34. The number of rotatable bonds is 12. The molecule has 3 aliphatic heterocycles. The summed E-state index contributed by atoms with van der Waals surface area (Å²) in [5.74, 6) is 0.803. The molecule has 0 spiro atoms. The Hall–Kier alpha value is -3.05. The molecule has 0 bridgehead atoms. The molecule has 1 aromatic carbocycles. The van der Waals surface area contributed by atoms with Gasteiger partial charge in [-0.3, -0.25) is 15.0 Å². The lowest BCUT2D eigenvalue weighted by Gasteiger charge is -2.38. The van der Waals surface area contributed by atoms with Crippen molar-refractivity contribution in [3.63, 3.8) is 0 Å². The van der Waals surface area contributed by atoms with Gasteiger partial charge in [0.05, 0.1) is 44.7 Å². The molecule has 12 nitrogen and oxygen atoms in total. The van der Waals surface area contributed by atoms with Crippen LogP contribution >= 0.6 is 11.3 Å². The quantitative estimate of drug-likeness (QED) is 0.151. The minimum Gasteiger partial charge on any atom is -0.577 e. The average Bonchev–Trinajstić information content (AvgIpc) is 3.68. The monoisotopic (exact) mass is 759 g/mol. The molecule has 2 N–H and O–H groups in total. The predicted molar refractivity (Wildman–Crippen MR) is 194 cm³/mol. The molecule has 0 saturated carbocycles. The molecule has 0 radical (unpaired) electrons. The van der Waals surface area contributed by atoms with Crippen molar-refractivity contribution in [2.45, 2.75) is 64.5 Å². The van der Waals surface area contributed by atoms with Gasteiger partial charge < -0.3 is 19.2 Å².